The summed E-state index contributed by atoms with van der Waals surface area (Å²) < 4.78 is 7.27. The van der Waals surface area contributed by atoms with Crippen LogP contribution in [0.25, 0.3) is 11.0 Å². The third-order valence-electron chi connectivity index (χ3n) is 5.98. The molecule has 3 heterocycles. The summed E-state index contributed by atoms with van der Waals surface area (Å²) >= 11 is 0. The Morgan fingerprint density at radius 1 is 1.12 bits per heavy atom. The number of pyridine rings is 1. The van der Waals surface area contributed by atoms with Crippen LogP contribution < -0.4 is 10.1 Å². The van der Waals surface area contributed by atoms with Crippen LogP contribution >= 0.6 is 0 Å². The maximum absolute atomic E-state index is 13.2. The van der Waals surface area contributed by atoms with Crippen LogP contribution in [0.3, 0.4) is 0 Å². The Bertz CT molecular complexity index is 1190. The van der Waals surface area contributed by atoms with Crippen LogP contribution in [0, 0.1) is 6.92 Å². The first kappa shape index (κ1) is 22.7. The van der Waals surface area contributed by atoms with E-state index < -0.39 is 0 Å². The van der Waals surface area contributed by atoms with E-state index in [2.05, 4.69) is 20.3 Å². The summed E-state index contributed by atoms with van der Waals surface area (Å²) in [4.78, 5) is 34.8. The van der Waals surface area contributed by atoms with Gasteiger partial charge in [-0.25, -0.2) is 9.67 Å². The highest BCUT2D eigenvalue weighted by atomic mass is 16.5. The number of aryl methyl sites for hydroxylation is 1. The van der Waals surface area contributed by atoms with E-state index in [1.165, 1.54) is 7.11 Å². The summed E-state index contributed by atoms with van der Waals surface area (Å²) in [5, 5.41) is 8.09. The first-order valence-electron chi connectivity index (χ1n) is 11.1. The molecule has 0 saturated carbocycles. The normalized spacial score (nSPS) is 14.7. The van der Waals surface area contributed by atoms with Crippen molar-refractivity contribution >= 4 is 28.5 Å². The predicted molar refractivity (Wildman–Crippen MR) is 127 cm³/mol. The standard InChI is InChI=1S/C24H30N6O3/c1-15(2)30-22-18(14-25-30)12-19(16(3)26-22)23(31)27-20-13-17(6-7-21(20)33-5)24(32)29-10-8-28(4)9-11-29/h6-7,12-15H,8-11H2,1-5H3,(H,27,31). The number of fused-ring (bicyclic) bond motifs is 1. The Balaban J connectivity index is 1.60. The first-order chi connectivity index (χ1) is 15.8. The van der Waals surface area contributed by atoms with Crippen molar-refractivity contribution < 1.29 is 14.3 Å². The van der Waals surface area contributed by atoms with Gasteiger partial charge in [-0.15, -0.1) is 0 Å². The van der Waals surface area contributed by atoms with Crippen molar-refractivity contribution in [3.8, 4) is 5.75 Å². The van der Waals surface area contributed by atoms with Gasteiger partial charge in [0.1, 0.15) is 5.75 Å². The number of hydrogen-bond acceptors (Lipinski definition) is 6. The predicted octanol–water partition coefficient (Wildman–Crippen LogP) is 2.97. The summed E-state index contributed by atoms with van der Waals surface area (Å²) in [5.74, 6) is 0.112. The Hall–Kier alpha value is -3.46. The van der Waals surface area contributed by atoms with E-state index in [9.17, 15) is 9.59 Å². The molecule has 1 aliphatic rings. The number of carbonyl (C=O) groups excluding carboxylic acids is 2. The van der Waals surface area contributed by atoms with E-state index in [0.717, 1.165) is 24.1 Å². The maximum Gasteiger partial charge on any atom is 0.257 e. The highest BCUT2D eigenvalue weighted by Gasteiger charge is 2.22. The summed E-state index contributed by atoms with van der Waals surface area (Å²) in [6.07, 6.45) is 1.72. The van der Waals surface area contributed by atoms with Crippen LogP contribution in [0.15, 0.2) is 30.5 Å². The van der Waals surface area contributed by atoms with Gasteiger partial charge < -0.3 is 19.9 Å². The van der Waals surface area contributed by atoms with Gasteiger partial charge in [0.2, 0.25) is 0 Å². The van der Waals surface area contributed by atoms with Gasteiger partial charge in [-0.1, -0.05) is 0 Å². The lowest BCUT2D eigenvalue weighted by atomic mass is 10.1. The van der Waals surface area contributed by atoms with Crippen molar-refractivity contribution in [2.24, 2.45) is 0 Å². The molecule has 1 saturated heterocycles. The van der Waals surface area contributed by atoms with Gasteiger partial charge in [-0.05, 0) is 52.1 Å². The summed E-state index contributed by atoms with van der Waals surface area (Å²) in [5.41, 5.74) is 2.75. The van der Waals surface area contributed by atoms with E-state index in [0.29, 0.717) is 41.3 Å². The fraction of sp³-hybridized carbons (Fsp3) is 0.417. The summed E-state index contributed by atoms with van der Waals surface area (Å²) in [7, 11) is 3.58. The third kappa shape index (κ3) is 4.54. The molecule has 0 radical (unpaired) electrons. The van der Waals surface area contributed by atoms with Crippen LogP contribution in [0.1, 0.15) is 46.3 Å². The minimum absolute atomic E-state index is 0.0541. The number of anilines is 1. The average molecular weight is 451 g/mol. The number of nitrogens with one attached hydrogen (secondary N) is 1. The molecule has 1 aromatic carbocycles. The van der Waals surface area contributed by atoms with Crippen molar-refractivity contribution in [3.63, 3.8) is 0 Å². The molecule has 9 nitrogen and oxygen atoms in total. The van der Waals surface area contributed by atoms with E-state index >= 15 is 0 Å². The number of methoxy groups -OCH3 is 1. The van der Waals surface area contributed by atoms with E-state index in [4.69, 9.17) is 4.74 Å². The zero-order valence-corrected chi connectivity index (χ0v) is 19.8. The molecule has 1 fully saturated rings. The SMILES string of the molecule is COc1ccc(C(=O)N2CCN(C)CC2)cc1NC(=O)c1cc2cnn(C(C)C)c2nc1C. The molecule has 0 atom stereocenters. The molecule has 9 heteroatoms. The van der Waals surface area contributed by atoms with Crippen molar-refractivity contribution in [2.75, 3.05) is 45.7 Å². The number of amides is 2. The van der Waals surface area contributed by atoms with Gasteiger partial charge in [0.15, 0.2) is 5.65 Å². The zero-order chi connectivity index (χ0) is 23.7. The molecular formula is C24H30N6O3. The molecule has 1 N–H and O–H groups in total. The highest BCUT2D eigenvalue weighted by Crippen LogP contribution is 2.28. The molecule has 33 heavy (non-hydrogen) atoms. The molecular weight excluding hydrogens is 420 g/mol. The molecule has 0 bridgehead atoms. The monoisotopic (exact) mass is 450 g/mol. The fourth-order valence-electron chi connectivity index (χ4n) is 3.99. The number of ether oxygens (including phenoxy) is 1. The largest absolute Gasteiger partial charge is 0.495 e. The minimum Gasteiger partial charge on any atom is -0.495 e. The van der Waals surface area contributed by atoms with E-state index in [1.807, 2.05) is 30.5 Å². The molecule has 0 spiro atoms. The number of likely N-dealkylation sites (N-methyl/N-ethyl adjacent to an activating group) is 1. The second-order valence-corrected chi connectivity index (χ2v) is 8.68. The van der Waals surface area contributed by atoms with Crippen LogP contribution in [-0.2, 0) is 0 Å². The number of rotatable bonds is 5. The second-order valence-electron chi connectivity index (χ2n) is 8.68. The second kappa shape index (κ2) is 9.19. The van der Waals surface area contributed by atoms with E-state index in [1.54, 1.807) is 37.4 Å². The van der Waals surface area contributed by atoms with Crippen molar-refractivity contribution in [3.05, 3.63) is 47.3 Å². The molecule has 4 rings (SSSR count). The Labute approximate surface area is 193 Å². The quantitative estimate of drug-likeness (QED) is 0.643. The number of benzene rings is 1. The van der Waals surface area contributed by atoms with E-state index in [-0.39, 0.29) is 17.9 Å². The van der Waals surface area contributed by atoms with Crippen LogP contribution in [0.5, 0.6) is 5.75 Å². The summed E-state index contributed by atoms with van der Waals surface area (Å²) in [6.45, 7) is 8.91. The smallest absolute Gasteiger partial charge is 0.257 e. The van der Waals surface area contributed by atoms with Crippen molar-refractivity contribution in [1.82, 2.24) is 24.6 Å². The van der Waals surface area contributed by atoms with Crippen molar-refractivity contribution in [1.29, 1.82) is 0 Å². The van der Waals surface area contributed by atoms with Crippen LogP contribution in [-0.4, -0.2) is 76.7 Å². The molecule has 2 aromatic heterocycles. The zero-order valence-electron chi connectivity index (χ0n) is 19.8. The van der Waals surface area contributed by atoms with Crippen molar-refractivity contribution in [2.45, 2.75) is 26.8 Å². The van der Waals surface area contributed by atoms with Gasteiger partial charge in [0, 0.05) is 43.2 Å². The van der Waals surface area contributed by atoms with Crippen LogP contribution in [0.4, 0.5) is 5.69 Å². The first-order valence-corrected chi connectivity index (χ1v) is 11.1. The van der Waals surface area contributed by atoms with Gasteiger partial charge in [-0.3, -0.25) is 9.59 Å². The number of nitrogens with zero attached hydrogens (tertiary/aromatic N) is 5. The molecule has 0 aliphatic carbocycles. The Morgan fingerprint density at radius 3 is 2.52 bits per heavy atom. The topological polar surface area (TPSA) is 92.6 Å². The number of hydrogen-bond donors (Lipinski definition) is 1. The third-order valence-corrected chi connectivity index (χ3v) is 5.98. The van der Waals surface area contributed by atoms with Crippen LogP contribution in [0.2, 0.25) is 0 Å². The number of piperazine rings is 1. The highest BCUT2D eigenvalue weighted by molar-refractivity contribution is 6.08. The molecule has 2 amide bonds. The Morgan fingerprint density at radius 2 is 1.85 bits per heavy atom. The lowest BCUT2D eigenvalue weighted by Gasteiger charge is -2.32. The molecule has 3 aromatic rings. The minimum atomic E-state index is -0.318. The van der Waals surface area contributed by atoms with Gasteiger partial charge in [0.05, 0.1) is 30.3 Å². The van der Waals surface area contributed by atoms with Gasteiger partial charge in [-0.2, -0.15) is 5.10 Å². The van der Waals surface area contributed by atoms with Gasteiger partial charge >= 0.3 is 0 Å². The lowest BCUT2D eigenvalue weighted by molar-refractivity contribution is 0.0664. The molecule has 1 aliphatic heterocycles. The molecule has 174 valence electrons. The molecule has 0 unspecified atom stereocenters. The Kier molecular flexibility index (Phi) is 6.33. The fourth-order valence-corrected chi connectivity index (χ4v) is 3.99. The average Bonchev–Trinajstić information content (AvgIpc) is 3.21. The number of aromatic nitrogens is 3. The van der Waals surface area contributed by atoms with Gasteiger partial charge in [0.25, 0.3) is 11.8 Å². The maximum atomic E-state index is 13.2. The summed E-state index contributed by atoms with van der Waals surface area (Å²) in [6, 6.07) is 7.08. The number of carbonyl (C=O) groups is 2. The lowest BCUT2D eigenvalue weighted by Crippen LogP contribution is -2.47.